The topological polar surface area (TPSA) is 95.7 Å². The van der Waals surface area contributed by atoms with E-state index in [-0.39, 0.29) is 48.7 Å². The highest BCUT2D eigenvalue weighted by Crippen LogP contribution is 2.22. The molecule has 1 aromatic rings. The van der Waals surface area contributed by atoms with Crippen LogP contribution < -0.4 is 11.1 Å². The van der Waals surface area contributed by atoms with Crippen LogP contribution in [0, 0.1) is 5.92 Å². The van der Waals surface area contributed by atoms with Crippen molar-refractivity contribution < 1.29 is 14.4 Å². The van der Waals surface area contributed by atoms with E-state index in [0.29, 0.717) is 31.0 Å². The van der Waals surface area contributed by atoms with Gasteiger partial charge in [0.25, 0.3) is 0 Å². The molecule has 0 spiro atoms. The fourth-order valence-corrected chi connectivity index (χ4v) is 4.34. The van der Waals surface area contributed by atoms with Gasteiger partial charge in [-0.25, -0.2) is 0 Å². The Morgan fingerprint density at radius 2 is 1.84 bits per heavy atom. The quantitative estimate of drug-likeness (QED) is 0.556. The Morgan fingerprint density at radius 3 is 2.41 bits per heavy atom. The lowest BCUT2D eigenvalue weighted by Crippen LogP contribution is -2.51. The van der Waals surface area contributed by atoms with Crippen molar-refractivity contribution in [2.24, 2.45) is 11.7 Å². The third kappa shape index (κ3) is 7.48. The third-order valence-electron chi connectivity index (χ3n) is 5.65. The number of rotatable bonds is 10. The van der Waals surface area contributed by atoms with E-state index in [1.807, 2.05) is 44.7 Å². The predicted octanol–water partition coefficient (Wildman–Crippen LogP) is 2.60. The average molecular weight is 465 g/mol. The SMILES string of the molecule is CC(C)CC(=O)N(C(C)C)[C@H]1CCN(C(=O)[C@@H](Cc2ccc(Cl)cc2)NC(=O)CCN)C1. The zero-order chi connectivity index (χ0) is 23.8. The zero-order valence-corrected chi connectivity index (χ0v) is 20.4. The van der Waals surface area contributed by atoms with Gasteiger partial charge in [0.05, 0.1) is 6.04 Å². The number of nitrogens with one attached hydrogen (secondary N) is 1. The first kappa shape index (κ1) is 26.1. The van der Waals surface area contributed by atoms with Crippen molar-refractivity contribution in [1.29, 1.82) is 0 Å². The van der Waals surface area contributed by atoms with Gasteiger partial charge >= 0.3 is 0 Å². The Morgan fingerprint density at radius 1 is 1.19 bits per heavy atom. The summed E-state index contributed by atoms with van der Waals surface area (Å²) in [5, 5.41) is 3.47. The average Bonchev–Trinajstić information content (AvgIpc) is 3.17. The lowest BCUT2D eigenvalue weighted by molar-refractivity contribution is -0.138. The number of nitrogens with two attached hydrogens (primary N) is 1. The molecule has 178 valence electrons. The molecule has 2 atom stereocenters. The van der Waals surface area contributed by atoms with Gasteiger partial charge in [-0.3, -0.25) is 14.4 Å². The summed E-state index contributed by atoms with van der Waals surface area (Å²) < 4.78 is 0. The molecular weight excluding hydrogens is 428 g/mol. The highest BCUT2D eigenvalue weighted by atomic mass is 35.5. The molecule has 32 heavy (non-hydrogen) atoms. The number of carbonyl (C=O) groups is 3. The van der Waals surface area contributed by atoms with E-state index in [2.05, 4.69) is 5.32 Å². The van der Waals surface area contributed by atoms with E-state index in [1.54, 1.807) is 17.0 Å². The van der Waals surface area contributed by atoms with Crippen molar-refractivity contribution in [2.45, 2.75) is 71.5 Å². The first-order valence-corrected chi connectivity index (χ1v) is 11.8. The summed E-state index contributed by atoms with van der Waals surface area (Å²) in [5.74, 6) is 0.0342. The largest absolute Gasteiger partial charge is 0.344 e. The molecule has 1 fully saturated rings. The van der Waals surface area contributed by atoms with Crippen molar-refractivity contribution in [3.63, 3.8) is 0 Å². The number of likely N-dealkylation sites (tertiary alicyclic amines) is 1. The van der Waals surface area contributed by atoms with E-state index >= 15 is 0 Å². The second-order valence-corrected chi connectivity index (χ2v) is 9.65. The van der Waals surface area contributed by atoms with Gasteiger partial charge in [0.1, 0.15) is 6.04 Å². The zero-order valence-electron chi connectivity index (χ0n) is 19.6. The number of amides is 3. The highest BCUT2D eigenvalue weighted by molar-refractivity contribution is 6.30. The highest BCUT2D eigenvalue weighted by Gasteiger charge is 2.36. The fourth-order valence-electron chi connectivity index (χ4n) is 4.21. The molecule has 3 amide bonds. The molecule has 2 rings (SSSR count). The summed E-state index contributed by atoms with van der Waals surface area (Å²) in [6.45, 7) is 9.35. The Hall–Kier alpha value is -2.12. The minimum absolute atomic E-state index is 0.0128. The van der Waals surface area contributed by atoms with Crippen LogP contribution in [0.1, 0.15) is 52.5 Å². The van der Waals surface area contributed by atoms with Crippen molar-refractivity contribution in [2.75, 3.05) is 19.6 Å². The van der Waals surface area contributed by atoms with Crippen LogP contribution >= 0.6 is 11.6 Å². The molecule has 1 aliphatic heterocycles. The Labute approximate surface area is 196 Å². The number of halogens is 1. The van der Waals surface area contributed by atoms with Gasteiger partial charge < -0.3 is 20.9 Å². The van der Waals surface area contributed by atoms with Gasteiger partial charge in [-0.1, -0.05) is 37.6 Å². The van der Waals surface area contributed by atoms with E-state index in [9.17, 15) is 14.4 Å². The van der Waals surface area contributed by atoms with Gasteiger partial charge in [-0.15, -0.1) is 0 Å². The summed E-state index contributed by atoms with van der Waals surface area (Å²) in [5.41, 5.74) is 6.42. The Bertz CT molecular complexity index is 782. The molecule has 1 heterocycles. The maximum atomic E-state index is 13.4. The molecule has 0 saturated carbocycles. The number of hydrogen-bond acceptors (Lipinski definition) is 4. The van der Waals surface area contributed by atoms with Gasteiger partial charge in [0.2, 0.25) is 17.7 Å². The van der Waals surface area contributed by atoms with E-state index < -0.39 is 6.04 Å². The number of carbonyl (C=O) groups excluding carboxylic acids is 3. The normalized spacial score (nSPS) is 17.0. The second kappa shape index (κ2) is 12.2. The molecule has 0 aliphatic carbocycles. The van der Waals surface area contributed by atoms with Crippen LogP contribution in [-0.4, -0.2) is 65.3 Å². The van der Waals surface area contributed by atoms with Crippen molar-refractivity contribution in [3.05, 3.63) is 34.9 Å². The van der Waals surface area contributed by atoms with Crippen LogP contribution in [0.5, 0.6) is 0 Å². The first-order valence-electron chi connectivity index (χ1n) is 11.5. The minimum Gasteiger partial charge on any atom is -0.344 e. The summed E-state index contributed by atoms with van der Waals surface area (Å²) in [7, 11) is 0. The summed E-state index contributed by atoms with van der Waals surface area (Å²) >= 11 is 5.98. The third-order valence-corrected chi connectivity index (χ3v) is 5.91. The predicted molar refractivity (Wildman–Crippen MR) is 127 cm³/mol. The van der Waals surface area contributed by atoms with Crippen molar-refractivity contribution in [3.8, 4) is 0 Å². The van der Waals surface area contributed by atoms with Crippen LogP contribution in [0.4, 0.5) is 0 Å². The van der Waals surface area contributed by atoms with Gasteiger partial charge in [-0.2, -0.15) is 0 Å². The molecule has 0 unspecified atom stereocenters. The first-order chi connectivity index (χ1) is 15.1. The van der Waals surface area contributed by atoms with Crippen LogP contribution in [0.25, 0.3) is 0 Å². The van der Waals surface area contributed by atoms with Crippen LogP contribution in [-0.2, 0) is 20.8 Å². The van der Waals surface area contributed by atoms with Crippen molar-refractivity contribution in [1.82, 2.24) is 15.1 Å². The lowest BCUT2D eigenvalue weighted by atomic mass is 10.0. The van der Waals surface area contributed by atoms with E-state index in [1.165, 1.54) is 0 Å². The van der Waals surface area contributed by atoms with Gasteiger partial charge in [0.15, 0.2) is 0 Å². The maximum Gasteiger partial charge on any atom is 0.245 e. The molecule has 8 heteroatoms. The summed E-state index contributed by atoms with van der Waals surface area (Å²) in [4.78, 5) is 42.1. The Balaban J connectivity index is 2.13. The lowest BCUT2D eigenvalue weighted by Gasteiger charge is -2.34. The summed E-state index contributed by atoms with van der Waals surface area (Å²) in [6, 6.07) is 6.62. The summed E-state index contributed by atoms with van der Waals surface area (Å²) in [6.07, 6.45) is 1.76. The molecule has 1 aromatic carbocycles. The van der Waals surface area contributed by atoms with Crippen LogP contribution in [0.15, 0.2) is 24.3 Å². The van der Waals surface area contributed by atoms with Crippen molar-refractivity contribution >= 4 is 29.3 Å². The van der Waals surface area contributed by atoms with Crippen LogP contribution in [0.2, 0.25) is 5.02 Å². The molecule has 1 saturated heterocycles. The van der Waals surface area contributed by atoms with E-state index in [0.717, 1.165) is 12.0 Å². The molecule has 0 bridgehead atoms. The molecule has 1 aliphatic rings. The monoisotopic (exact) mass is 464 g/mol. The van der Waals surface area contributed by atoms with Gasteiger partial charge in [0, 0.05) is 50.0 Å². The standard InChI is InChI=1S/C24H37ClN4O3/c1-16(2)13-23(31)29(17(3)4)20-10-12-28(15-20)24(32)21(27-22(30)9-11-26)14-18-5-7-19(25)8-6-18/h5-8,16-17,20-21H,9-15,26H2,1-4H3,(H,27,30)/t20-,21+/m0/s1. The molecule has 0 radical (unpaired) electrons. The fraction of sp³-hybridized carbons (Fsp3) is 0.625. The molecule has 0 aromatic heterocycles. The van der Waals surface area contributed by atoms with E-state index in [4.69, 9.17) is 17.3 Å². The number of benzene rings is 1. The Kier molecular flexibility index (Phi) is 9.97. The number of nitrogens with zero attached hydrogens (tertiary/aromatic N) is 2. The van der Waals surface area contributed by atoms with Crippen LogP contribution in [0.3, 0.4) is 0 Å². The second-order valence-electron chi connectivity index (χ2n) is 9.21. The minimum atomic E-state index is -0.687. The maximum absolute atomic E-state index is 13.4. The van der Waals surface area contributed by atoms with Gasteiger partial charge in [-0.05, 0) is 43.9 Å². The molecule has 7 nitrogen and oxygen atoms in total. The smallest absolute Gasteiger partial charge is 0.245 e. The number of hydrogen-bond donors (Lipinski definition) is 2. The molecule has 3 N–H and O–H groups in total. The molecular formula is C24H37ClN4O3.